The average Bonchev–Trinajstić information content (AvgIpc) is 2.98. The van der Waals surface area contributed by atoms with E-state index < -0.39 is 11.9 Å². The third-order valence-electron chi connectivity index (χ3n) is 6.81. The van der Waals surface area contributed by atoms with E-state index in [0.717, 1.165) is 0 Å². The zero-order valence-electron chi connectivity index (χ0n) is 13.8. The van der Waals surface area contributed by atoms with Gasteiger partial charge in [-0.25, -0.2) is 0 Å². The number of hydrogen-bond donors (Lipinski definition) is 1. The minimum absolute atomic E-state index is 0.0278. The second-order valence-corrected chi connectivity index (χ2v) is 8.01. The van der Waals surface area contributed by atoms with Crippen molar-refractivity contribution in [2.24, 2.45) is 35.3 Å². The molecule has 2 aliphatic carbocycles. The molecule has 126 valence electrons. The van der Waals surface area contributed by atoms with Gasteiger partial charge in [-0.2, -0.15) is 0 Å². The number of primary amides is 1. The van der Waals surface area contributed by atoms with Crippen LogP contribution >= 0.6 is 0 Å². The first-order chi connectivity index (χ1) is 10.9. The molecule has 0 aromatic carbocycles. The number of nitrogens with two attached hydrogens (primary N) is 1. The zero-order chi connectivity index (χ0) is 16.5. The lowest BCUT2D eigenvalue weighted by Crippen LogP contribution is -2.59. The van der Waals surface area contributed by atoms with Crippen molar-refractivity contribution in [3.8, 4) is 0 Å². The molecule has 6 heteroatoms. The molecular weight excluding hydrogens is 294 g/mol. The van der Waals surface area contributed by atoms with Gasteiger partial charge in [0.1, 0.15) is 12.1 Å². The third kappa shape index (κ3) is 1.96. The van der Waals surface area contributed by atoms with E-state index in [4.69, 9.17) is 5.73 Å². The van der Waals surface area contributed by atoms with Gasteiger partial charge >= 0.3 is 0 Å². The Labute approximate surface area is 136 Å². The Morgan fingerprint density at radius 1 is 1.00 bits per heavy atom. The van der Waals surface area contributed by atoms with Crippen LogP contribution in [-0.4, -0.2) is 52.7 Å². The number of carbonyl (C=O) groups excluding carboxylic acids is 3. The number of rotatable bonds is 2. The Balaban J connectivity index is 1.60. The maximum Gasteiger partial charge on any atom is 0.246 e. The molecule has 0 radical (unpaired) electrons. The van der Waals surface area contributed by atoms with E-state index in [0.29, 0.717) is 43.2 Å². The van der Waals surface area contributed by atoms with Gasteiger partial charge in [-0.15, -0.1) is 0 Å². The molecule has 2 aliphatic heterocycles. The first-order valence-electron chi connectivity index (χ1n) is 8.77. The van der Waals surface area contributed by atoms with Crippen LogP contribution in [0.5, 0.6) is 0 Å². The maximum absolute atomic E-state index is 13.2. The standard InChI is InChI=1S/C17H25N3O3/c1-8-5-13(16(18)22)20(6-8)17(23)15-14-11-4-3-10(11)12(14)7-19(15)9(2)21/h8,10-15H,3-7H2,1-2H3,(H2,18,22)/t8?,10-,11?,12?,13?,14?,15?/m1/s1. The second-order valence-electron chi connectivity index (χ2n) is 8.01. The van der Waals surface area contributed by atoms with Gasteiger partial charge in [0.05, 0.1) is 0 Å². The van der Waals surface area contributed by atoms with Crippen LogP contribution < -0.4 is 5.73 Å². The van der Waals surface area contributed by atoms with Gasteiger partial charge in [0.25, 0.3) is 0 Å². The molecule has 2 N–H and O–H groups in total. The van der Waals surface area contributed by atoms with Crippen LogP contribution in [0.25, 0.3) is 0 Å². The van der Waals surface area contributed by atoms with Crippen molar-refractivity contribution < 1.29 is 14.4 Å². The number of fused-ring (bicyclic) bond motifs is 4. The Bertz CT molecular complexity index is 577. The molecule has 4 fully saturated rings. The largest absolute Gasteiger partial charge is 0.368 e. The number of amides is 3. The lowest BCUT2D eigenvalue weighted by atomic mass is 9.47. The molecule has 2 saturated carbocycles. The molecule has 0 bridgehead atoms. The van der Waals surface area contributed by atoms with Gasteiger partial charge in [-0.1, -0.05) is 6.92 Å². The summed E-state index contributed by atoms with van der Waals surface area (Å²) in [5.74, 6) is 1.87. The van der Waals surface area contributed by atoms with Crippen LogP contribution in [0.4, 0.5) is 0 Å². The van der Waals surface area contributed by atoms with Crippen molar-refractivity contribution >= 4 is 17.7 Å². The molecule has 0 aromatic heterocycles. The predicted octanol–water partition coefficient (Wildman–Crippen LogP) is 0.212. The molecule has 0 spiro atoms. The van der Waals surface area contributed by atoms with Crippen LogP contribution in [0.3, 0.4) is 0 Å². The normalized spacial score (nSPS) is 44.2. The fourth-order valence-electron chi connectivity index (χ4n) is 5.64. The molecule has 7 atom stereocenters. The van der Waals surface area contributed by atoms with Crippen LogP contribution in [-0.2, 0) is 14.4 Å². The van der Waals surface area contributed by atoms with Crippen molar-refractivity contribution in [1.82, 2.24) is 9.80 Å². The summed E-state index contributed by atoms with van der Waals surface area (Å²) in [6.07, 6.45) is 3.05. The van der Waals surface area contributed by atoms with Crippen molar-refractivity contribution in [2.75, 3.05) is 13.1 Å². The molecular formula is C17H25N3O3. The number of likely N-dealkylation sites (tertiary alicyclic amines) is 2. The summed E-state index contributed by atoms with van der Waals surface area (Å²) in [5.41, 5.74) is 5.50. The van der Waals surface area contributed by atoms with Crippen LogP contribution in [0, 0.1) is 29.6 Å². The van der Waals surface area contributed by atoms with Gasteiger partial charge in [0.15, 0.2) is 0 Å². The first-order valence-corrected chi connectivity index (χ1v) is 8.77. The monoisotopic (exact) mass is 319 g/mol. The zero-order valence-corrected chi connectivity index (χ0v) is 13.8. The van der Waals surface area contributed by atoms with E-state index in [1.54, 1.807) is 16.7 Å². The Kier molecular flexibility index (Phi) is 3.22. The minimum Gasteiger partial charge on any atom is -0.368 e. The molecule has 2 saturated heterocycles. The van der Waals surface area contributed by atoms with Crippen molar-refractivity contribution in [2.45, 2.75) is 45.2 Å². The fraction of sp³-hybridized carbons (Fsp3) is 0.824. The summed E-state index contributed by atoms with van der Waals surface area (Å²) < 4.78 is 0. The summed E-state index contributed by atoms with van der Waals surface area (Å²) in [6.45, 7) is 4.86. The molecule has 0 aromatic rings. The minimum atomic E-state index is -0.511. The summed E-state index contributed by atoms with van der Waals surface area (Å²) in [6, 6.07) is -0.881. The number of nitrogens with zero attached hydrogens (tertiary/aromatic N) is 2. The summed E-state index contributed by atoms with van der Waals surface area (Å²) in [4.78, 5) is 40.4. The summed E-state index contributed by atoms with van der Waals surface area (Å²) in [5, 5.41) is 0. The van der Waals surface area contributed by atoms with E-state index in [1.165, 1.54) is 12.8 Å². The van der Waals surface area contributed by atoms with Gasteiger partial charge < -0.3 is 15.5 Å². The quantitative estimate of drug-likeness (QED) is 0.790. The maximum atomic E-state index is 13.2. The first kappa shape index (κ1) is 15.0. The number of carbonyl (C=O) groups is 3. The lowest BCUT2D eigenvalue weighted by Gasteiger charge is -2.57. The van der Waals surface area contributed by atoms with Crippen LogP contribution in [0.1, 0.15) is 33.1 Å². The highest BCUT2D eigenvalue weighted by molar-refractivity contribution is 5.92. The second kappa shape index (κ2) is 4.95. The molecule has 6 unspecified atom stereocenters. The van der Waals surface area contributed by atoms with Gasteiger partial charge in [-0.05, 0) is 48.9 Å². The van der Waals surface area contributed by atoms with Crippen LogP contribution in [0.15, 0.2) is 0 Å². The van der Waals surface area contributed by atoms with Crippen molar-refractivity contribution in [1.29, 1.82) is 0 Å². The highest BCUT2D eigenvalue weighted by atomic mass is 16.2. The number of hydrogen-bond acceptors (Lipinski definition) is 3. The molecule has 3 amide bonds. The molecule has 23 heavy (non-hydrogen) atoms. The van der Waals surface area contributed by atoms with Gasteiger partial charge in [-0.3, -0.25) is 14.4 Å². The topological polar surface area (TPSA) is 83.7 Å². The van der Waals surface area contributed by atoms with Gasteiger partial charge in [0.2, 0.25) is 17.7 Å². The van der Waals surface area contributed by atoms with E-state index in [2.05, 4.69) is 0 Å². The van der Waals surface area contributed by atoms with E-state index in [-0.39, 0.29) is 23.8 Å². The summed E-state index contributed by atoms with van der Waals surface area (Å²) >= 11 is 0. The predicted molar refractivity (Wildman–Crippen MR) is 82.8 cm³/mol. The van der Waals surface area contributed by atoms with E-state index >= 15 is 0 Å². The Morgan fingerprint density at radius 2 is 1.70 bits per heavy atom. The molecule has 6 nitrogen and oxygen atoms in total. The Hall–Kier alpha value is -1.59. The SMILES string of the molecule is CC(=O)N1CC2C(C3CC[C@H]32)C1C(=O)N1CC(C)CC1C(N)=O. The highest BCUT2D eigenvalue weighted by Gasteiger charge is 2.65. The van der Waals surface area contributed by atoms with Crippen molar-refractivity contribution in [3.05, 3.63) is 0 Å². The molecule has 2 heterocycles. The molecule has 4 aliphatic rings. The average molecular weight is 319 g/mol. The highest BCUT2D eigenvalue weighted by Crippen LogP contribution is 2.63. The summed E-state index contributed by atoms with van der Waals surface area (Å²) in [7, 11) is 0. The van der Waals surface area contributed by atoms with Crippen LogP contribution in [0.2, 0.25) is 0 Å². The lowest BCUT2D eigenvalue weighted by molar-refractivity contribution is -0.151. The Morgan fingerprint density at radius 3 is 2.26 bits per heavy atom. The fourth-order valence-corrected chi connectivity index (χ4v) is 5.64. The molecule has 4 rings (SSSR count). The third-order valence-corrected chi connectivity index (χ3v) is 6.81. The van der Waals surface area contributed by atoms with Gasteiger partial charge in [0, 0.05) is 20.0 Å². The van der Waals surface area contributed by atoms with E-state index in [1.807, 2.05) is 6.92 Å². The smallest absolute Gasteiger partial charge is 0.246 e. The van der Waals surface area contributed by atoms with Crippen molar-refractivity contribution in [3.63, 3.8) is 0 Å². The van der Waals surface area contributed by atoms with E-state index in [9.17, 15) is 14.4 Å².